The average Bonchev–Trinajstić information content (AvgIpc) is 2.24. The Morgan fingerprint density at radius 1 is 1.62 bits per heavy atom. The predicted molar refractivity (Wildman–Crippen MR) is 55.5 cm³/mol. The van der Waals surface area contributed by atoms with Crippen LogP contribution in [0.15, 0.2) is 0 Å². The van der Waals surface area contributed by atoms with Crippen molar-refractivity contribution in [3.05, 3.63) is 0 Å². The third-order valence-corrected chi connectivity index (χ3v) is 2.55. The van der Waals surface area contributed by atoms with Gasteiger partial charge in [0.05, 0.1) is 12.6 Å². The zero-order valence-corrected chi connectivity index (χ0v) is 8.98. The van der Waals surface area contributed by atoms with Crippen LogP contribution < -0.4 is 5.32 Å². The van der Waals surface area contributed by atoms with Gasteiger partial charge in [-0.05, 0) is 19.4 Å². The van der Waals surface area contributed by atoms with E-state index in [1.54, 1.807) is 4.90 Å². The Hall–Kier alpha value is -1.61. The maximum atomic E-state index is 11.1. The number of carbonyl (C=O) groups is 2. The molecule has 6 heteroatoms. The molecule has 88 valence electrons. The molecule has 6 nitrogen and oxygen atoms in total. The van der Waals surface area contributed by atoms with Gasteiger partial charge in [0.2, 0.25) is 5.91 Å². The van der Waals surface area contributed by atoms with E-state index in [2.05, 4.69) is 5.32 Å². The molecule has 1 amide bonds. The number of unbranched alkanes of at least 4 members (excludes halogenated alkanes) is 2. The predicted octanol–water partition coefficient (Wildman–Crippen LogP) is -0.435. The summed E-state index contributed by atoms with van der Waals surface area (Å²) in [6.45, 7) is 0.835. The second kappa shape index (κ2) is 6.08. The molecule has 1 saturated heterocycles. The van der Waals surface area contributed by atoms with Crippen molar-refractivity contribution in [1.29, 1.82) is 5.26 Å². The van der Waals surface area contributed by atoms with Crippen LogP contribution in [0.3, 0.4) is 0 Å². The molecule has 1 unspecified atom stereocenters. The second-order valence-electron chi connectivity index (χ2n) is 3.74. The summed E-state index contributed by atoms with van der Waals surface area (Å²) in [5.74, 6) is -1.06. The largest absolute Gasteiger partial charge is 0.480 e. The van der Waals surface area contributed by atoms with E-state index < -0.39 is 12.0 Å². The quantitative estimate of drug-likeness (QED) is 0.619. The maximum Gasteiger partial charge on any atom is 0.322 e. The summed E-state index contributed by atoms with van der Waals surface area (Å²) < 4.78 is 0. The monoisotopic (exact) mass is 225 g/mol. The van der Waals surface area contributed by atoms with Crippen molar-refractivity contribution >= 4 is 11.9 Å². The van der Waals surface area contributed by atoms with Crippen LogP contribution in [0.4, 0.5) is 0 Å². The van der Waals surface area contributed by atoms with E-state index in [4.69, 9.17) is 10.4 Å². The molecule has 1 rings (SSSR count). The van der Waals surface area contributed by atoms with Crippen LogP contribution >= 0.6 is 0 Å². The van der Waals surface area contributed by atoms with Crippen LogP contribution in [0.5, 0.6) is 0 Å². The van der Waals surface area contributed by atoms with E-state index >= 15 is 0 Å². The van der Waals surface area contributed by atoms with Gasteiger partial charge in [0.25, 0.3) is 0 Å². The lowest BCUT2D eigenvalue weighted by atomic mass is 10.1. The summed E-state index contributed by atoms with van der Waals surface area (Å²) in [7, 11) is 0. The third kappa shape index (κ3) is 3.51. The Morgan fingerprint density at radius 2 is 2.38 bits per heavy atom. The van der Waals surface area contributed by atoms with Crippen molar-refractivity contribution in [2.24, 2.45) is 0 Å². The molecule has 1 atom stereocenters. The van der Waals surface area contributed by atoms with E-state index in [0.717, 1.165) is 12.8 Å². The standard InChI is InChI=1S/C10H15N3O3/c11-4-2-1-3-5-13-7-9(14)12-6-8(13)10(15)16/h8H,1-3,5-7H2,(H,12,14)(H,15,16). The zero-order chi connectivity index (χ0) is 12.0. The van der Waals surface area contributed by atoms with Crippen LogP contribution in [0.2, 0.25) is 0 Å². The van der Waals surface area contributed by atoms with E-state index in [1.807, 2.05) is 6.07 Å². The Morgan fingerprint density at radius 3 is 3.00 bits per heavy atom. The molecule has 16 heavy (non-hydrogen) atoms. The molecule has 0 aromatic rings. The Kier molecular flexibility index (Phi) is 4.73. The van der Waals surface area contributed by atoms with E-state index in [-0.39, 0.29) is 19.0 Å². The van der Waals surface area contributed by atoms with E-state index in [1.165, 1.54) is 0 Å². The fourth-order valence-electron chi connectivity index (χ4n) is 1.69. The highest BCUT2D eigenvalue weighted by Gasteiger charge is 2.31. The van der Waals surface area contributed by atoms with Gasteiger partial charge in [0.15, 0.2) is 0 Å². The van der Waals surface area contributed by atoms with Crippen LogP contribution in [0.25, 0.3) is 0 Å². The van der Waals surface area contributed by atoms with Gasteiger partial charge in [-0.25, -0.2) is 0 Å². The molecule has 0 spiro atoms. The smallest absolute Gasteiger partial charge is 0.322 e. The molecule has 1 fully saturated rings. The van der Waals surface area contributed by atoms with Gasteiger partial charge in [0.1, 0.15) is 6.04 Å². The van der Waals surface area contributed by atoms with Crippen molar-refractivity contribution in [3.63, 3.8) is 0 Å². The topological polar surface area (TPSA) is 93.4 Å². The van der Waals surface area contributed by atoms with Crippen molar-refractivity contribution in [2.45, 2.75) is 25.3 Å². The summed E-state index contributed by atoms with van der Waals surface area (Å²) in [6, 6.07) is 1.39. The lowest BCUT2D eigenvalue weighted by Crippen LogP contribution is -2.57. The highest BCUT2D eigenvalue weighted by atomic mass is 16.4. The van der Waals surface area contributed by atoms with Crippen molar-refractivity contribution < 1.29 is 14.7 Å². The molecule has 0 radical (unpaired) electrons. The number of carboxylic acids is 1. The number of carbonyl (C=O) groups excluding carboxylic acids is 1. The van der Waals surface area contributed by atoms with Gasteiger partial charge in [-0.15, -0.1) is 0 Å². The van der Waals surface area contributed by atoms with Gasteiger partial charge < -0.3 is 10.4 Å². The molecular weight excluding hydrogens is 210 g/mol. The molecule has 2 N–H and O–H groups in total. The maximum absolute atomic E-state index is 11.1. The van der Waals surface area contributed by atoms with Gasteiger partial charge in [-0.3, -0.25) is 14.5 Å². The number of rotatable bonds is 5. The van der Waals surface area contributed by atoms with Crippen LogP contribution in [-0.4, -0.2) is 47.6 Å². The number of carboxylic acid groups (broad SMARTS) is 1. The van der Waals surface area contributed by atoms with Crippen LogP contribution in [0.1, 0.15) is 19.3 Å². The number of piperazine rings is 1. The summed E-state index contributed by atoms with van der Waals surface area (Å²) >= 11 is 0. The SMILES string of the molecule is N#CCCCCN1CC(=O)NCC1C(=O)O. The summed E-state index contributed by atoms with van der Waals surface area (Å²) in [4.78, 5) is 23.7. The molecule has 1 aliphatic heterocycles. The fraction of sp³-hybridized carbons (Fsp3) is 0.700. The van der Waals surface area contributed by atoms with Gasteiger partial charge >= 0.3 is 5.97 Å². The number of nitrogens with one attached hydrogen (secondary N) is 1. The molecule has 0 saturated carbocycles. The zero-order valence-electron chi connectivity index (χ0n) is 8.98. The lowest BCUT2D eigenvalue weighted by molar-refractivity contribution is -0.146. The number of hydrogen-bond acceptors (Lipinski definition) is 4. The minimum absolute atomic E-state index is 0.128. The van der Waals surface area contributed by atoms with Gasteiger partial charge in [-0.2, -0.15) is 5.26 Å². The van der Waals surface area contributed by atoms with Crippen molar-refractivity contribution in [2.75, 3.05) is 19.6 Å². The minimum atomic E-state index is -0.916. The lowest BCUT2D eigenvalue weighted by Gasteiger charge is -2.32. The first kappa shape index (κ1) is 12.5. The number of hydrogen-bond donors (Lipinski definition) is 2. The van der Waals surface area contributed by atoms with Gasteiger partial charge in [0, 0.05) is 13.0 Å². The van der Waals surface area contributed by atoms with E-state index in [0.29, 0.717) is 13.0 Å². The normalized spacial score (nSPS) is 21.2. The molecule has 0 aliphatic carbocycles. The van der Waals surface area contributed by atoms with Crippen molar-refractivity contribution in [3.8, 4) is 6.07 Å². The average molecular weight is 225 g/mol. The molecule has 1 heterocycles. The second-order valence-corrected chi connectivity index (χ2v) is 3.74. The summed E-state index contributed by atoms with van der Waals surface area (Å²) in [5.41, 5.74) is 0. The Balaban J connectivity index is 2.42. The highest BCUT2D eigenvalue weighted by molar-refractivity contribution is 5.83. The molecule has 0 bridgehead atoms. The van der Waals surface area contributed by atoms with Gasteiger partial charge in [-0.1, -0.05) is 0 Å². The molecule has 0 aromatic carbocycles. The van der Waals surface area contributed by atoms with E-state index in [9.17, 15) is 9.59 Å². The first-order chi connectivity index (χ1) is 7.65. The van der Waals surface area contributed by atoms with Crippen LogP contribution in [-0.2, 0) is 9.59 Å². The number of nitrogens with zero attached hydrogens (tertiary/aromatic N) is 2. The Labute approximate surface area is 93.8 Å². The van der Waals surface area contributed by atoms with Crippen molar-refractivity contribution in [1.82, 2.24) is 10.2 Å². The van der Waals surface area contributed by atoms with Crippen LogP contribution in [0, 0.1) is 11.3 Å². The summed E-state index contributed by atoms with van der Waals surface area (Å²) in [6.07, 6.45) is 1.95. The highest BCUT2D eigenvalue weighted by Crippen LogP contribution is 2.07. The number of nitriles is 1. The summed E-state index contributed by atoms with van der Waals surface area (Å²) in [5, 5.41) is 19.8. The molecule has 0 aromatic heterocycles. The molecular formula is C10H15N3O3. The Bertz CT molecular complexity index is 311. The minimum Gasteiger partial charge on any atom is -0.480 e. The molecule has 1 aliphatic rings. The first-order valence-corrected chi connectivity index (χ1v) is 5.25. The third-order valence-electron chi connectivity index (χ3n) is 2.55. The fourth-order valence-corrected chi connectivity index (χ4v) is 1.69. The first-order valence-electron chi connectivity index (χ1n) is 5.25. The number of aliphatic carboxylic acids is 1. The number of amides is 1.